The van der Waals surface area contributed by atoms with Crippen LogP contribution >= 0.6 is 12.4 Å². The van der Waals surface area contributed by atoms with Crippen molar-refractivity contribution >= 4 is 29.9 Å². The minimum Gasteiger partial charge on any atom is -0.368 e. The second-order valence-electron chi connectivity index (χ2n) is 6.22. The fourth-order valence-electron chi connectivity index (χ4n) is 2.86. The highest BCUT2D eigenvalue weighted by Crippen LogP contribution is 2.32. The smallest absolute Gasteiger partial charge is 0.253 e. The highest BCUT2D eigenvalue weighted by atomic mass is 35.5. The fraction of sp³-hybridized carbons (Fsp3) is 0.529. The average molecular weight is 354 g/mol. The first kappa shape index (κ1) is 18.7. The normalized spacial score (nSPS) is 20.8. The number of rotatable bonds is 6. The van der Waals surface area contributed by atoms with E-state index < -0.39 is 0 Å². The molecule has 1 aliphatic carbocycles. The molecule has 1 aromatic carbocycles. The van der Waals surface area contributed by atoms with Crippen LogP contribution < -0.4 is 16.4 Å². The number of ether oxygens (including phenoxy) is 1. The van der Waals surface area contributed by atoms with Gasteiger partial charge < -0.3 is 21.1 Å². The van der Waals surface area contributed by atoms with Crippen molar-refractivity contribution in [2.24, 2.45) is 11.7 Å². The molecule has 0 bridgehead atoms. The molecule has 2 atom stereocenters. The summed E-state index contributed by atoms with van der Waals surface area (Å²) < 4.78 is 5.36. The van der Waals surface area contributed by atoms with E-state index in [1.54, 1.807) is 24.3 Å². The van der Waals surface area contributed by atoms with Crippen LogP contribution in [0.25, 0.3) is 0 Å². The van der Waals surface area contributed by atoms with Gasteiger partial charge in [0.15, 0.2) is 0 Å². The van der Waals surface area contributed by atoms with E-state index in [0.717, 1.165) is 25.7 Å². The number of halogens is 1. The number of nitrogens with two attached hydrogens (primary N) is 1. The summed E-state index contributed by atoms with van der Waals surface area (Å²) in [5, 5.41) is 5.79. The van der Waals surface area contributed by atoms with E-state index in [4.69, 9.17) is 10.5 Å². The third-order valence-electron chi connectivity index (χ3n) is 4.38. The predicted molar refractivity (Wildman–Crippen MR) is 94.3 cm³/mol. The number of amides is 2. The quantitative estimate of drug-likeness (QED) is 0.725. The summed E-state index contributed by atoms with van der Waals surface area (Å²) in [7, 11) is 0. The van der Waals surface area contributed by atoms with Crippen LogP contribution in [0.5, 0.6) is 0 Å². The maximum atomic E-state index is 12.3. The van der Waals surface area contributed by atoms with Crippen LogP contribution in [0.15, 0.2) is 24.3 Å². The number of nitrogens with one attached hydrogen (secondary N) is 2. The van der Waals surface area contributed by atoms with Crippen molar-refractivity contribution in [3.63, 3.8) is 0 Å². The summed E-state index contributed by atoms with van der Waals surface area (Å²) in [4.78, 5) is 24.4. The van der Waals surface area contributed by atoms with Crippen LogP contribution in [0.3, 0.4) is 0 Å². The third-order valence-corrected chi connectivity index (χ3v) is 4.38. The number of hydrogen-bond donors (Lipinski definition) is 3. The highest BCUT2D eigenvalue weighted by Gasteiger charge is 2.31. The van der Waals surface area contributed by atoms with Crippen molar-refractivity contribution in [2.75, 3.05) is 18.5 Å². The zero-order valence-corrected chi connectivity index (χ0v) is 14.3. The van der Waals surface area contributed by atoms with Crippen molar-refractivity contribution < 1.29 is 14.3 Å². The van der Waals surface area contributed by atoms with Crippen molar-refractivity contribution in [2.45, 2.75) is 37.8 Å². The van der Waals surface area contributed by atoms with Gasteiger partial charge in [-0.1, -0.05) is 6.07 Å². The molecule has 132 valence electrons. The first-order valence-electron chi connectivity index (χ1n) is 8.21. The van der Waals surface area contributed by atoms with E-state index in [2.05, 4.69) is 10.6 Å². The fourth-order valence-corrected chi connectivity index (χ4v) is 2.86. The van der Waals surface area contributed by atoms with E-state index >= 15 is 0 Å². The van der Waals surface area contributed by atoms with Gasteiger partial charge in [0.05, 0.1) is 0 Å². The van der Waals surface area contributed by atoms with Gasteiger partial charge in [-0.25, -0.2) is 0 Å². The zero-order valence-electron chi connectivity index (χ0n) is 13.5. The zero-order chi connectivity index (χ0) is 16.2. The molecule has 2 aliphatic rings. The molecular formula is C17H24ClN3O3. The van der Waals surface area contributed by atoms with E-state index in [9.17, 15) is 9.59 Å². The van der Waals surface area contributed by atoms with Crippen LogP contribution in [0.1, 0.15) is 36.0 Å². The molecule has 0 aromatic heterocycles. The van der Waals surface area contributed by atoms with Gasteiger partial charge in [-0.3, -0.25) is 9.59 Å². The van der Waals surface area contributed by atoms with Gasteiger partial charge in [0.25, 0.3) is 11.8 Å². The number of benzene rings is 1. The minimum atomic E-state index is -0.385. The maximum Gasteiger partial charge on any atom is 0.253 e. The molecule has 1 heterocycles. The van der Waals surface area contributed by atoms with Gasteiger partial charge >= 0.3 is 0 Å². The molecule has 2 amide bonds. The minimum absolute atomic E-state index is 0. The van der Waals surface area contributed by atoms with E-state index in [-0.39, 0.29) is 36.4 Å². The molecule has 1 aromatic rings. The molecule has 2 unspecified atom stereocenters. The molecular weight excluding hydrogens is 330 g/mol. The lowest BCUT2D eigenvalue weighted by Crippen LogP contribution is -2.41. The summed E-state index contributed by atoms with van der Waals surface area (Å²) >= 11 is 0. The first-order chi connectivity index (χ1) is 11.2. The summed E-state index contributed by atoms with van der Waals surface area (Å²) in [6.45, 7) is 1.08. The van der Waals surface area contributed by atoms with Crippen LogP contribution in [0.2, 0.25) is 0 Å². The van der Waals surface area contributed by atoms with Gasteiger partial charge in [-0.15, -0.1) is 12.4 Å². The van der Waals surface area contributed by atoms with Crippen LogP contribution in [0.4, 0.5) is 5.69 Å². The molecule has 0 spiro atoms. The molecule has 0 radical (unpaired) electrons. The van der Waals surface area contributed by atoms with E-state index in [1.807, 2.05) is 0 Å². The van der Waals surface area contributed by atoms with Crippen molar-refractivity contribution in [3.8, 4) is 0 Å². The van der Waals surface area contributed by atoms with Gasteiger partial charge in [-0.05, 0) is 49.8 Å². The Labute approximate surface area is 147 Å². The topological polar surface area (TPSA) is 93.5 Å². The summed E-state index contributed by atoms with van der Waals surface area (Å²) in [5.41, 5.74) is 6.85. The lowest BCUT2D eigenvalue weighted by atomic mass is 10.1. The summed E-state index contributed by atoms with van der Waals surface area (Å²) in [6, 6.07) is 6.98. The Hall–Kier alpha value is -1.63. The Kier molecular flexibility index (Phi) is 6.60. The number of hydrogen-bond acceptors (Lipinski definition) is 4. The molecule has 3 rings (SSSR count). The average Bonchev–Trinajstić information content (AvgIpc) is 3.25. The Bertz CT molecular complexity index is 586. The van der Waals surface area contributed by atoms with Gasteiger partial charge in [0, 0.05) is 30.4 Å². The molecule has 1 saturated heterocycles. The van der Waals surface area contributed by atoms with E-state index in [0.29, 0.717) is 30.3 Å². The Morgan fingerprint density at radius 1 is 1.29 bits per heavy atom. The molecule has 4 N–H and O–H groups in total. The largest absolute Gasteiger partial charge is 0.368 e. The second kappa shape index (κ2) is 8.46. The van der Waals surface area contributed by atoms with Crippen molar-refractivity contribution in [3.05, 3.63) is 29.8 Å². The number of carbonyl (C=O) groups excluding carboxylic acids is 2. The molecule has 1 aliphatic heterocycles. The van der Waals surface area contributed by atoms with Gasteiger partial charge in [0.1, 0.15) is 6.10 Å². The van der Waals surface area contributed by atoms with Crippen molar-refractivity contribution in [1.29, 1.82) is 0 Å². The number of carbonyl (C=O) groups is 2. The molecule has 2 fully saturated rings. The molecule has 24 heavy (non-hydrogen) atoms. The van der Waals surface area contributed by atoms with Crippen LogP contribution in [0, 0.1) is 5.92 Å². The molecule has 7 heteroatoms. The standard InChI is InChI=1S/C17H23N3O3.ClH/c18-10-14(11-6-7-11)20-16(21)12-3-1-4-13(9-12)19-17(22)15-5-2-8-23-15;/h1,3-4,9,11,14-15H,2,5-8,10,18H2,(H,19,22)(H,20,21);1H. The first-order valence-corrected chi connectivity index (χ1v) is 8.21. The molecule has 6 nitrogen and oxygen atoms in total. The Morgan fingerprint density at radius 3 is 2.71 bits per heavy atom. The second-order valence-corrected chi connectivity index (χ2v) is 6.22. The van der Waals surface area contributed by atoms with Crippen molar-refractivity contribution in [1.82, 2.24) is 5.32 Å². The maximum absolute atomic E-state index is 12.3. The Balaban J connectivity index is 0.00000208. The third kappa shape index (κ3) is 4.69. The SMILES string of the molecule is Cl.NCC(NC(=O)c1cccc(NC(=O)C2CCCO2)c1)C1CC1. The highest BCUT2D eigenvalue weighted by molar-refractivity contribution is 5.98. The number of anilines is 1. The van der Waals surface area contributed by atoms with E-state index in [1.165, 1.54) is 0 Å². The predicted octanol–water partition coefficient (Wildman–Crippen LogP) is 1.69. The molecule has 1 saturated carbocycles. The van der Waals surface area contributed by atoms with Gasteiger partial charge in [-0.2, -0.15) is 0 Å². The Morgan fingerprint density at radius 2 is 2.08 bits per heavy atom. The van der Waals surface area contributed by atoms with Crippen LogP contribution in [-0.4, -0.2) is 37.1 Å². The lowest BCUT2D eigenvalue weighted by molar-refractivity contribution is -0.124. The summed E-state index contributed by atoms with van der Waals surface area (Å²) in [5.74, 6) is 0.199. The van der Waals surface area contributed by atoms with Gasteiger partial charge in [0.2, 0.25) is 0 Å². The van der Waals surface area contributed by atoms with Crippen LogP contribution in [-0.2, 0) is 9.53 Å². The monoisotopic (exact) mass is 353 g/mol. The lowest BCUT2D eigenvalue weighted by Gasteiger charge is -2.16. The summed E-state index contributed by atoms with van der Waals surface area (Å²) in [6.07, 6.45) is 3.51.